The van der Waals surface area contributed by atoms with Crippen LogP contribution >= 0.6 is 0 Å². The molecule has 144 valence electrons. The third-order valence-corrected chi connectivity index (χ3v) is 4.38. The Labute approximate surface area is 146 Å². The molecule has 3 atom stereocenters. The number of nitrogens with zero attached hydrogens (tertiary/aromatic N) is 2. The van der Waals surface area contributed by atoms with Crippen LogP contribution in [-0.2, 0) is 9.59 Å². The van der Waals surface area contributed by atoms with Gasteiger partial charge in [-0.1, -0.05) is 17.2 Å². The molecule has 10 nitrogen and oxygen atoms in total. The van der Waals surface area contributed by atoms with Gasteiger partial charge in [0.05, 0.1) is 11.3 Å². The van der Waals surface area contributed by atoms with Gasteiger partial charge in [-0.05, 0) is 39.5 Å². The summed E-state index contributed by atoms with van der Waals surface area (Å²) in [5.41, 5.74) is 10.0. The second-order valence-corrected chi connectivity index (χ2v) is 6.75. The molecule has 0 aliphatic rings. The van der Waals surface area contributed by atoms with Crippen LogP contribution in [0.4, 0.5) is 0 Å². The van der Waals surface area contributed by atoms with Gasteiger partial charge in [0.15, 0.2) is 0 Å². The van der Waals surface area contributed by atoms with Crippen LogP contribution in [0.15, 0.2) is 10.3 Å². The fraction of sp³-hybridized carbons (Fsp3) is 0.733. The van der Waals surface area contributed by atoms with Crippen LogP contribution in [0.1, 0.15) is 46.5 Å². The van der Waals surface area contributed by atoms with Gasteiger partial charge < -0.3 is 32.1 Å². The van der Waals surface area contributed by atoms with Crippen molar-refractivity contribution in [3.05, 3.63) is 0 Å². The molecule has 0 aromatic carbocycles. The van der Waals surface area contributed by atoms with Crippen molar-refractivity contribution in [2.24, 2.45) is 44.9 Å². The summed E-state index contributed by atoms with van der Waals surface area (Å²) in [4.78, 5) is 22.9. The first-order valence-corrected chi connectivity index (χ1v) is 7.91. The zero-order chi connectivity index (χ0) is 19.8. The average Bonchev–Trinajstić information content (AvgIpc) is 2.55. The van der Waals surface area contributed by atoms with Gasteiger partial charge in [-0.15, -0.1) is 0 Å². The van der Waals surface area contributed by atoms with Crippen LogP contribution in [0.25, 0.3) is 0 Å². The smallest absolute Gasteiger partial charge is 0.309 e. The quantitative estimate of drug-likeness (QED) is 0.136. The lowest BCUT2D eigenvalue weighted by Gasteiger charge is -2.28. The molecular formula is C15H28N4O6. The fourth-order valence-corrected chi connectivity index (χ4v) is 2.66. The lowest BCUT2D eigenvalue weighted by molar-refractivity contribution is -0.147. The van der Waals surface area contributed by atoms with Gasteiger partial charge >= 0.3 is 11.9 Å². The standard InChI is InChI=1S/C15H28N4O6/c1-4-8(11(16)18-24)5-9(13(20)21)6-10(12(17)19-25)7-15(2,3)14(22)23/h8-10,24-25H,4-7H2,1-3H3,(H2,16,18)(H2,17,19)(H,20,21)(H,22,23). The predicted octanol–water partition coefficient (Wildman–Crippen LogP) is 1.10. The molecule has 0 saturated heterocycles. The Bertz CT molecular complexity index is 532. The van der Waals surface area contributed by atoms with Gasteiger partial charge in [0.1, 0.15) is 11.7 Å². The topological polar surface area (TPSA) is 192 Å². The normalized spacial score (nSPS) is 16.9. The van der Waals surface area contributed by atoms with E-state index in [1.165, 1.54) is 13.8 Å². The highest BCUT2D eigenvalue weighted by Crippen LogP contribution is 2.32. The zero-order valence-electron chi connectivity index (χ0n) is 14.7. The van der Waals surface area contributed by atoms with E-state index in [9.17, 15) is 19.8 Å². The van der Waals surface area contributed by atoms with Crippen molar-refractivity contribution >= 4 is 23.6 Å². The molecule has 0 radical (unpaired) electrons. The van der Waals surface area contributed by atoms with Crippen LogP contribution < -0.4 is 11.5 Å². The monoisotopic (exact) mass is 360 g/mol. The number of carboxylic acid groups (broad SMARTS) is 2. The van der Waals surface area contributed by atoms with Crippen molar-refractivity contribution in [2.75, 3.05) is 0 Å². The van der Waals surface area contributed by atoms with E-state index in [2.05, 4.69) is 10.3 Å². The van der Waals surface area contributed by atoms with Crippen LogP contribution in [0, 0.1) is 23.2 Å². The molecule has 0 bridgehead atoms. The summed E-state index contributed by atoms with van der Waals surface area (Å²) in [7, 11) is 0. The second kappa shape index (κ2) is 9.70. The first kappa shape index (κ1) is 22.5. The number of carbonyl (C=O) groups is 2. The number of aliphatic carboxylic acids is 2. The molecule has 0 spiro atoms. The van der Waals surface area contributed by atoms with Gasteiger partial charge in [0.2, 0.25) is 0 Å². The number of nitrogens with two attached hydrogens (primary N) is 2. The van der Waals surface area contributed by atoms with Gasteiger partial charge in [-0.3, -0.25) is 9.59 Å². The molecule has 0 rings (SSSR count). The molecule has 0 saturated carbocycles. The SMILES string of the molecule is CCC(CC(CC(CC(C)(C)C(=O)O)/C(N)=N/O)C(=O)O)/C(N)=N/O. The maximum Gasteiger partial charge on any atom is 0.309 e. The Hall–Kier alpha value is -2.52. The molecule has 25 heavy (non-hydrogen) atoms. The van der Waals surface area contributed by atoms with Gasteiger partial charge in [-0.2, -0.15) is 0 Å². The summed E-state index contributed by atoms with van der Waals surface area (Å²) in [6.45, 7) is 4.73. The predicted molar refractivity (Wildman–Crippen MR) is 90.5 cm³/mol. The summed E-state index contributed by atoms with van der Waals surface area (Å²) in [6, 6.07) is 0. The number of amidine groups is 2. The average molecular weight is 360 g/mol. The van der Waals surface area contributed by atoms with E-state index >= 15 is 0 Å². The van der Waals surface area contributed by atoms with Gasteiger partial charge in [0, 0.05) is 11.8 Å². The Morgan fingerprint density at radius 1 is 0.960 bits per heavy atom. The summed E-state index contributed by atoms with van der Waals surface area (Å²) in [6.07, 6.45) is 0.526. The van der Waals surface area contributed by atoms with Crippen LogP contribution in [0.2, 0.25) is 0 Å². The molecule has 0 aromatic heterocycles. The van der Waals surface area contributed by atoms with Crippen LogP contribution in [0.3, 0.4) is 0 Å². The van der Waals surface area contributed by atoms with Crippen molar-refractivity contribution in [3.63, 3.8) is 0 Å². The van der Waals surface area contributed by atoms with E-state index in [1.807, 2.05) is 0 Å². The molecule has 8 N–H and O–H groups in total. The van der Waals surface area contributed by atoms with Crippen molar-refractivity contribution in [1.29, 1.82) is 0 Å². The minimum Gasteiger partial charge on any atom is -0.481 e. The number of hydrogen-bond donors (Lipinski definition) is 6. The second-order valence-electron chi connectivity index (χ2n) is 6.75. The Morgan fingerprint density at radius 3 is 1.76 bits per heavy atom. The molecule has 0 fully saturated rings. The molecule has 0 heterocycles. The van der Waals surface area contributed by atoms with E-state index < -0.39 is 35.1 Å². The number of rotatable bonds is 11. The maximum atomic E-state index is 11.6. The Kier molecular flexibility index (Phi) is 8.72. The van der Waals surface area contributed by atoms with Gasteiger partial charge in [0.25, 0.3) is 0 Å². The summed E-state index contributed by atoms with van der Waals surface area (Å²) >= 11 is 0. The minimum atomic E-state index is -1.18. The van der Waals surface area contributed by atoms with E-state index in [0.29, 0.717) is 6.42 Å². The highest BCUT2D eigenvalue weighted by molar-refractivity contribution is 5.85. The van der Waals surface area contributed by atoms with E-state index in [0.717, 1.165) is 0 Å². The van der Waals surface area contributed by atoms with E-state index in [1.54, 1.807) is 6.92 Å². The molecule has 0 aliphatic heterocycles. The van der Waals surface area contributed by atoms with Crippen LogP contribution in [-0.4, -0.2) is 44.2 Å². The van der Waals surface area contributed by atoms with Crippen molar-refractivity contribution in [1.82, 2.24) is 0 Å². The first-order chi connectivity index (χ1) is 11.5. The van der Waals surface area contributed by atoms with Crippen LogP contribution in [0.5, 0.6) is 0 Å². The number of oxime groups is 2. The molecular weight excluding hydrogens is 332 g/mol. The van der Waals surface area contributed by atoms with Crippen molar-refractivity contribution in [2.45, 2.75) is 46.5 Å². The fourth-order valence-electron chi connectivity index (χ4n) is 2.66. The molecule has 0 aliphatic carbocycles. The highest BCUT2D eigenvalue weighted by atomic mass is 16.4. The van der Waals surface area contributed by atoms with E-state index in [-0.39, 0.29) is 30.9 Å². The molecule has 0 amide bonds. The zero-order valence-corrected chi connectivity index (χ0v) is 14.7. The summed E-state index contributed by atoms with van der Waals surface area (Å²) in [5, 5.41) is 42.3. The highest BCUT2D eigenvalue weighted by Gasteiger charge is 2.35. The minimum absolute atomic E-state index is 0.00235. The number of hydrogen-bond acceptors (Lipinski definition) is 6. The van der Waals surface area contributed by atoms with Crippen molar-refractivity contribution < 1.29 is 30.2 Å². The van der Waals surface area contributed by atoms with Gasteiger partial charge in [-0.25, -0.2) is 0 Å². The Balaban J connectivity index is 5.44. The van der Waals surface area contributed by atoms with Crippen molar-refractivity contribution in [3.8, 4) is 0 Å². The lowest BCUT2D eigenvalue weighted by atomic mass is 9.77. The third-order valence-electron chi connectivity index (χ3n) is 4.38. The molecule has 0 aromatic rings. The van der Waals surface area contributed by atoms with E-state index in [4.69, 9.17) is 21.9 Å². The third kappa shape index (κ3) is 6.86. The molecule has 3 unspecified atom stereocenters. The largest absolute Gasteiger partial charge is 0.481 e. The Morgan fingerprint density at radius 2 is 1.40 bits per heavy atom. The molecule has 10 heteroatoms. The number of carboxylic acids is 2. The first-order valence-electron chi connectivity index (χ1n) is 7.91. The summed E-state index contributed by atoms with van der Waals surface area (Å²) in [5.74, 6) is -4.61. The maximum absolute atomic E-state index is 11.6. The summed E-state index contributed by atoms with van der Waals surface area (Å²) < 4.78 is 0. The lowest BCUT2D eigenvalue weighted by Crippen LogP contribution is -2.36.